The Kier molecular flexibility index (Phi) is 5.78. The lowest BCUT2D eigenvalue weighted by Crippen LogP contribution is -2.06. The minimum absolute atomic E-state index is 0.0154. The number of allylic oxidation sites excluding steroid dienone is 4. The molecule has 30 heavy (non-hydrogen) atoms. The van der Waals surface area contributed by atoms with E-state index in [1.54, 1.807) is 0 Å². The number of rotatable bonds is 5. The second-order valence-electron chi connectivity index (χ2n) is 7.78. The predicted octanol–water partition coefficient (Wildman–Crippen LogP) is 5.09. The van der Waals surface area contributed by atoms with Crippen molar-refractivity contribution in [1.29, 1.82) is 0 Å². The van der Waals surface area contributed by atoms with E-state index < -0.39 is 5.43 Å². The van der Waals surface area contributed by atoms with Crippen molar-refractivity contribution >= 4 is 21.9 Å². The van der Waals surface area contributed by atoms with Gasteiger partial charge in [0.2, 0.25) is 5.43 Å². The first-order valence-corrected chi connectivity index (χ1v) is 9.65. The predicted molar refractivity (Wildman–Crippen MR) is 118 cm³/mol. The van der Waals surface area contributed by atoms with Crippen molar-refractivity contribution in [2.45, 2.75) is 40.5 Å². The van der Waals surface area contributed by atoms with Gasteiger partial charge in [-0.05, 0) is 46.6 Å². The zero-order valence-corrected chi connectivity index (χ0v) is 17.8. The molecule has 0 spiro atoms. The Morgan fingerprint density at radius 2 is 1.57 bits per heavy atom. The highest BCUT2D eigenvalue weighted by Crippen LogP contribution is 2.40. The minimum Gasteiger partial charge on any atom is -0.507 e. The third-order valence-corrected chi connectivity index (χ3v) is 4.99. The van der Waals surface area contributed by atoms with Crippen LogP contribution in [0.2, 0.25) is 0 Å². The Morgan fingerprint density at radius 3 is 2.13 bits per heavy atom. The second kappa shape index (κ2) is 8.14. The van der Waals surface area contributed by atoms with Crippen molar-refractivity contribution in [3.05, 3.63) is 56.8 Å². The van der Waals surface area contributed by atoms with Crippen LogP contribution in [0.4, 0.5) is 0 Å². The van der Waals surface area contributed by atoms with Crippen molar-refractivity contribution in [2.75, 3.05) is 7.11 Å². The number of aromatic hydroxyl groups is 3. The Labute approximate surface area is 174 Å². The van der Waals surface area contributed by atoms with Crippen LogP contribution < -0.4 is 10.2 Å². The fourth-order valence-corrected chi connectivity index (χ4v) is 3.34. The number of benzene rings is 2. The van der Waals surface area contributed by atoms with Gasteiger partial charge in [-0.3, -0.25) is 4.79 Å². The molecule has 158 valence electrons. The Bertz CT molecular complexity index is 1250. The third kappa shape index (κ3) is 3.73. The van der Waals surface area contributed by atoms with Crippen LogP contribution in [0.5, 0.6) is 23.0 Å². The first-order valence-electron chi connectivity index (χ1n) is 9.65. The van der Waals surface area contributed by atoms with E-state index in [1.807, 2.05) is 39.8 Å². The molecule has 6 nitrogen and oxygen atoms in total. The number of hydrogen-bond acceptors (Lipinski definition) is 6. The first-order chi connectivity index (χ1) is 14.1. The molecule has 0 aliphatic rings. The normalized spacial score (nSPS) is 11.0. The molecule has 3 aromatic rings. The third-order valence-electron chi connectivity index (χ3n) is 4.99. The molecule has 0 atom stereocenters. The van der Waals surface area contributed by atoms with Gasteiger partial charge in [0.25, 0.3) is 0 Å². The van der Waals surface area contributed by atoms with Gasteiger partial charge < -0.3 is 24.5 Å². The summed E-state index contributed by atoms with van der Waals surface area (Å²) in [7, 11) is 1.40. The highest BCUT2D eigenvalue weighted by Gasteiger charge is 2.22. The number of phenols is 3. The summed E-state index contributed by atoms with van der Waals surface area (Å²) in [4.78, 5) is 13.3. The highest BCUT2D eigenvalue weighted by molar-refractivity contribution is 5.97. The number of fused-ring (bicyclic) bond motifs is 2. The largest absolute Gasteiger partial charge is 0.507 e. The fourth-order valence-electron chi connectivity index (χ4n) is 3.34. The second-order valence-corrected chi connectivity index (χ2v) is 7.78. The van der Waals surface area contributed by atoms with Crippen LogP contribution in [0.1, 0.15) is 38.8 Å². The molecule has 3 rings (SSSR count). The molecular formula is C24H26O6. The maximum atomic E-state index is 13.3. The van der Waals surface area contributed by atoms with Gasteiger partial charge in [0.05, 0.1) is 12.5 Å². The lowest BCUT2D eigenvalue weighted by Gasteiger charge is -2.13. The van der Waals surface area contributed by atoms with Crippen molar-refractivity contribution < 1.29 is 24.5 Å². The van der Waals surface area contributed by atoms with E-state index in [9.17, 15) is 20.1 Å². The summed E-state index contributed by atoms with van der Waals surface area (Å²) in [5, 5.41) is 32.0. The van der Waals surface area contributed by atoms with Crippen LogP contribution in [-0.4, -0.2) is 22.4 Å². The van der Waals surface area contributed by atoms with E-state index in [-0.39, 0.29) is 56.9 Å². The average molecular weight is 410 g/mol. The SMILES string of the molecule is COc1cc2c(=O)c3c(O)c(CC=C(C)C)c(O)cc3oc2c(CC=C(C)C)c1O. The monoisotopic (exact) mass is 410 g/mol. The fraction of sp³-hybridized carbons (Fsp3) is 0.292. The number of hydrogen-bond donors (Lipinski definition) is 3. The zero-order chi connectivity index (χ0) is 22.2. The van der Waals surface area contributed by atoms with Gasteiger partial charge in [-0.2, -0.15) is 0 Å². The lowest BCUT2D eigenvalue weighted by atomic mass is 10.00. The maximum Gasteiger partial charge on any atom is 0.204 e. The van der Waals surface area contributed by atoms with Crippen molar-refractivity contribution in [2.24, 2.45) is 0 Å². The van der Waals surface area contributed by atoms with E-state index in [1.165, 1.54) is 19.2 Å². The quantitative estimate of drug-likeness (QED) is 0.400. The van der Waals surface area contributed by atoms with Crippen LogP contribution in [0.3, 0.4) is 0 Å². The topological polar surface area (TPSA) is 100 Å². The van der Waals surface area contributed by atoms with Crippen molar-refractivity contribution in [1.82, 2.24) is 0 Å². The Morgan fingerprint density at radius 1 is 0.967 bits per heavy atom. The molecule has 0 aliphatic carbocycles. The number of phenolic OH excluding ortho intramolecular Hbond substituents is 3. The van der Waals surface area contributed by atoms with E-state index in [2.05, 4.69) is 0 Å². The minimum atomic E-state index is -0.459. The highest BCUT2D eigenvalue weighted by atomic mass is 16.5. The maximum absolute atomic E-state index is 13.3. The molecule has 0 saturated heterocycles. The van der Waals surface area contributed by atoms with Crippen LogP contribution in [0.15, 0.2) is 44.6 Å². The van der Waals surface area contributed by atoms with Crippen molar-refractivity contribution in [3.8, 4) is 23.0 Å². The van der Waals surface area contributed by atoms with Crippen LogP contribution >= 0.6 is 0 Å². The first kappa shape index (κ1) is 21.3. The van der Waals surface area contributed by atoms with E-state index >= 15 is 0 Å². The zero-order valence-electron chi connectivity index (χ0n) is 17.8. The summed E-state index contributed by atoms with van der Waals surface area (Å²) in [5.41, 5.74) is 2.49. The standard InChI is InChI=1S/C24H26O6/c1-12(2)6-8-14-17(25)11-18-20(22(14)27)23(28)16-10-19(29-5)21(26)15(24(16)30-18)9-7-13(3)4/h6-7,10-11,25-27H,8-9H2,1-5H3. The van der Waals surface area contributed by atoms with Crippen LogP contribution in [0, 0.1) is 0 Å². The van der Waals surface area contributed by atoms with Gasteiger partial charge in [-0.25, -0.2) is 0 Å². The summed E-state index contributed by atoms with van der Waals surface area (Å²) in [6.45, 7) is 7.66. The van der Waals surface area contributed by atoms with Gasteiger partial charge in [-0.1, -0.05) is 23.3 Å². The summed E-state index contributed by atoms with van der Waals surface area (Å²) in [6.07, 6.45) is 4.35. The lowest BCUT2D eigenvalue weighted by molar-refractivity contribution is 0.371. The molecule has 0 aliphatic heterocycles. The van der Waals surface area contributed by atoms with Gasteiger partial charge in [0.1, 0.15) is 28.1 Å². The van der Waals surface area contributed by atoms with Gasteiger partial charge in [0, 0.05) is 17.2 Å². The van der Waals surface area contributed by atoms with Crippen LogP contribution in [-0.2, 0) is 12.8 Å². The molecule has 2 aromatic carbocycles. The molecule has 6 heteroatoms. The van der Waals surface area contributed by atoms with Gasteiger partial charge >= 0.3 is 0 Å². The van der Waals surface area contributed by atoms with Crippen LogP contribution in [0.25, 0.3) is 21.9 Å². The summed E-state index contributed by atoms with van der Waals surface area (Å²) >= 11 is 0. The summed E-state index contributed by atoms with van der Waals surface area (Å²) in [5.74, 6) is -0.437. The summed E-state index contributed by atoms with van der Waals surface area (Å²) in [6, 6.07) is 2.74. The Hall–Kier alpha value is -3.41. The summed E-state index contributed by atoms with van der Waals surface area (Å²) < 4.78 is 11.2. The van der Waals surface area contributed by atoms with E-state index in [4.69, 9.17) is 9.15 Å². The molecule has 0 amide bonds. The molecule has 0 unspecified atom stereocenters. The van der Waals surface area contributed by atoms with Gasteiger partial charge in [-0.15, -0.1) is 0 Å². The Balaban J connectivity index is 2.42. The van der Waals surface area contributed by atoms with E-state index in [0.29, 0.717) is 12.0 Å². The molecule has 3 N–H and O–H groups in total. The smallest absolute Gasteiger partial charge is 0.204 e. The molecule has 0 saturated carbocycles. The molecular weight excluding hydrogens is 384 g/mol. The molecule has 0 fully saturated rings. The van der Waals surface area contributed by atoms with Crippen molar-refractivity contribution in [3.63, 3.8) is 0 Å². The van der Waals surface area contributed by atoms with Gasteiger partial charge in [0.15, 0.2) is 11.5 Å². The molecule has 1 aromatic heterocycles. The van der Waals surface area contributed by atoms with E-state index in [0.717, 1.165) is 11.1 Å². The molecule has 0 bridgehead atoms. The molecule has 0 radical (unpaired) electrons. The molecule has 1 heterocycles. The number of ether oxygens (including phenoxy) is 1. The number of methoxy groups -OCH3 is 1. The average Bonchev–Trinajstić information content (AvgIpc) is 2.66.